The van der Waals surface area contributed by atoms with Crippen LogP contribution in [0.25, 0.3) is 5.53 Å². The standard InChI is InChI=1S/C10H6N2O2.Cl2O2S/c11-12-8-5-9(13)6-3-1-2-4-7(6)10(8)14;1-5(2,3)4/h1-4H,5H2;. The number of benzene rings is 1. The van der Waals surface area contributed by atoms with Crippen LogP contribution < -0.4 is 0 Å². The van der Waals surface area contributed by atoms with Crippen molar-refractivity contribution in [2.45, 2.75) is 6.42 Å². The number of carbonyl (C=O) groups is 2. The van der Waals surface area contributed by atoms with E-state index in [0.29, 0.717) is 11.1 Å². The molecule has 0 heterocycles. The zero-order chi connectivity index (χ0) is 14.6. The highest BCUT2D eigenvalue weighted by molar-refractivity contribution is 8.31. The van der Waals surface area contributed by atoms with Gasteiger partial charge in [0.05, 0.1) is 0 Å². The Morgan fingerprint density at radius 2 is 1.58 bits per heavy atom. The summed E-state index contributed by atoms with van der Waals surface area (Å²) in [5, 5.41) is 0. The van der Waals surface area contributed by atoms with Gasteiger partial charge in [-0.25, -0.2) is 0 Å². The van der Waals surface area contributed by atoms with Gasteiger partial charge in [0.25, 0.3) is 5.78 Å². The van der Waals surface area contributed by atoms with E-state index < -0.39 is 8.26 Å². The van der Waals surface area contributed by atoms with Gasteiger partial charge in [-0.15, -0.1) is 0 Å². The van der Waals surface area contributed by atoms with E-state index >= 15 is 0 Å². The summed E-state index contributed by atoms with van der Waals surface area (Å²) in [6.07, 6.45) is -0.119. The normalized spacial score (nSPS) is 14.1. The zero-order valence-corrected chi connectivity index (χ0v) is 11.5. The summed E-state index contributed by atoms with van der Waals surface area (Å²) in [6, 6.07) is 6.53. The SMILES string of the molecule is O=S(=O)(Cl)Cl.[N-]=[N+]=C1CC(=O)c2ccccc2C1=O. The van der Waals surface area contributed by atoms with Crippen molar-refractivity contribution in [2.24, 2.45) is 0 Å². The van der Waals surface area contributed by atoms with Crippen molar-refractivity contribution in [2.75, 3.05) is 0 Å². The second kappa shape index (κ2) is 6.08. The Morgan fingerprint density at radius 3 is 2.05 bits per heavy atom. The highest BCUT2D eigenvalue weighted by atomic mass is 36.0. The number of rotatable bonds is 0. The minimum Gasteiger partial charge on any atom is -0.361 e. The average molecular weight is 321 g/mol. The zero-order valence-electron chi connectivity index (χ0n) is 9.21. The molecule has 0 aliphatic heterocycles. The molecule has 0 bridgehead atoms. The predicted octanol–water partition coefficient (Wildman–Crippen LogP) is 1.84. The van der Waals surface area contributed by atoms with E-state index in [4.69, 9.17) is 13.9 Å². The lowest BCUT2D eigenvalue weighted by Gasteiger charge is -2.08. The van der Waals surface area contributed by atoms with E-state index in [-0.39, 0.29) is 23.7 Å². The molecular formula is C10H6Cl2N2O4S. The van der Waals surface area contributed by atoms with Crippen LogP contribution in [-0.2, 0) is 8.26 Å². The summed E-state index contributed by atoms with van der Waals surface area (Å²) in [7, 11) is 4.81. The van der Waals surface area contributed by atoms with Gasteiger partial charge in [-0.1, -0.05) is 24.3 Å². The minimum atomic E-state index is -3.72. The molecule has 0 saturated carbocycles. The summed E-state index contributed by atoms with van der Waals surface area (Å²) >= 11 is 0. The molecule has 1 aliphatic rings. The summed E-state index contributed by atoms with van der Waals surface area (Å²) in [4.78, 5) is 25.8. The average Bonchev–Trinajstić information content (AvgIpc) is 2.32. The molecule has 0 fully saturated rings. The van der Waals surface area contributed by atoms with Crippen molar-refractivity contribution in [3.05, 3.63) is 40.9 Å². The Hall–Kier alpha value is -1.53. The number of halogens is 2. The number of nitrogens with zero attached hydrogens (tertiary/aromatic N) is 2. The van der Waals surface area contributed by atoms with Gasteiger partial charge in [-0.3, -0.25) is 9.59 Å². The molecule has 6 nitrogen and oxygen atoms in total. The lowest BCUT2D eigenvalue weighted by molar-refractivity contribution is -0.00890. The van der Waals surface area contributed by atoms with Gasteiger partial charge in [0, 0.05) is 32.5 Å². The number of ketones is 2. The topological polar surface area (TPSA) is 105 Å². The monoisotopic (exact) mass is 320 g/mol. The van der Waals surface area contributed by atoms with Gasteiger partial charge >= 0.3 is 14.0 Å². The first-order valence-corrected chi connectivity index (χ1v) is 7.89. The maximum Gasteiger partial charge on any atom is 0.347 e. The van der Waals surface area contributed by atoms with Crippen LogP contribution in [-0.4, -0.2) is 30.5 Å². The number of fused-ring (bicyclic) bond motifs is 1. The van der Waals surface area contributed by atoms with E-state index in [0.717, 1.165) is 0 Å². The molecule has 0 saturated heterocycles. The molecule has 0 N–H and O–H groups in total. The molecule has 0 amide bonds. The van der Waals surface area contributed by atoms with Crippen LogP contribution >= 0.6 is 21.4 Å². The van der Waals surface area contributed by atoms with Crippen LogP contribution in [0, 0.1) is 0 Å². The van der Waals surface area contributed by atoms with Crippen molar-refractivity contribution in [3.63, 3.8) is 0 Å². The fourth-order valence-electron chi connectivity index (χ4n) is 1.49. The van der Waals surface area contributed by atoms with Crippen LogP contribution in [0.2, 0.25) is 0 Å². The Balaban J connectivity index is 0.000000312. The minimum absolute atomic E-state index is 0.0892. The first kappa shape index (κ1) is 15.5. The second-order valence-corrected chi connectivity index (χ2v) is 7.07. The van der Waals surface area contributed by atoms with Crippen molar-refractivity contribution in [3.8, 4) is 0 Å². The summed E-state index contributed by atoms with van der Waals surface area (Å²) in [5.41, 5.74) is 9.15. The van der Waals surface area contributed by atoms with Crippen molar-refractivity contribution >= 4 is 46.9 Å². The summed E-state index contributed by atoms with van der Waals surface area (Å²) < 4.78 is 18.3. The van der Waals surface area contributed by atoms with Gasteiger partial charge in [-0.2, -0.15) is 13.2 Å². The number of hydrogen-bond acceptors (Lipinski definition) is 4. The van der Waals surface area contributed by atoms with Crippen LogP contribution in [0.4, 0.5) is 0 Å². The summed E-state index contributed by atoms with van der Waals surface area (Å²) in [6.45, 7) is 0. The predicted molar refractivity (Wildman–Crippen MR) is 69.0 cm³/mol. The molecule has 2 rings (SSSR count). The molecule has 0 spiro atoms. The molecule has 100 valence electrons. The first-order chi connectivity index (χ1) is 8.74. The highest BCUT2D eigenvalue weighted by Crippen LogP contribution is 2.18. The van der Waals surface area contributed by atoms with E-state index in [1.165, 1.54) is 0 Å². The van der Waals surface area contributed by atoms with Crippen molar-refractivity contribution < 1.29 is 22.8 Å². The number of hydrogen-bond donors (Lipinski definition) is 0. The van der Waals surface area contributed by atoms with Crippen molar-refractivity contribution in [1.29, 1.82) is 0 Å². The fraction of sp³-hybridized carbons (Fsp3) is 0.100. The Morgan fingerprint density at radius 1 is 1.11 bits per heavy atom. The lowest BCUT2D eigenvalue weighted by Crippen LogP contribution is -2.27. The molecular weight excluding hydrogens is 315 g/mol. The Kier molecular flexibility index (Phi) is 4.97. The molecule has 0 atom stereocenters. The first-order valence-electron chi connectivity index (χ1n) is 4.76. The quantitative estimate of drug-likeness (QED) is 0.413. The molecule has 1 aromatic carbocycles. The third-order valence-electron chi connectivity index (χ3n) is 2.18. The van der Waals surface area contributed by atoms with Crippen molar-refractivity contribution in [1.82, 2.24) is 0 Å². The van der Waals surface area contributed by atoms with Gasteiger partial charge in [0.2, 0.25) is 0 Å². The third-order valence-corrected chi connectivity index (χ3v) is 2.18. The maximum absolute atomic E-state index is 11.6. The molecule has 1 aliphatic carbocycles. The van der Waals surface area contributed by atoms with E-state index in [2.05, 4.69) is 26.2 Å². The van der Waals surface area contributed by atoms with E-state index in [1.807, 2.05) is 0 Å². The molecule has 9 heteroatoms. The number of Topliss-reactive ketones (excluding diaryl/α,β-unsaturated/α-hetero) is 2. The highest BCUT2D eigenvalue weighted by Gasteiger charge is 2.34. The fourth-order valence-corrected chi connectivity index (χ4v) is 1.49. The number of carbonyl (C=O) groups excluding carboxylic acids is 2. The molecule has 1 aromatic rings. The maximum atomic E-state index is 11.6. The summed E-state index contributed by atoms with van der Waals surface area (Å²) in [5.74, 6) is -0.560. The van der Waals surface area contributed by atoms with Crippen LogP contribution in [0.1, 0.15) is 27.1 Å². The lowest BCUT2D eigenvalue weighted by atomic mass is 9.88. The molecule has 0 unspecified atom stereocenters. The third kappa shape index (κ3) is 4.57. The molecule has 0 aromatic heterocycles. The van der Waals surface area contributed by atoms with Crippen LogP contribution in [0.15, 0.2) is 24.3 Å². The van der Waals surface area contributed by atoms with Gasteiger partial charge in [0.15, 0.2) is 5.78 Å². The van der Waals surface area contributed by atoms with Crippen LogP contribution in [0.3, 0.4) is 0 Å². The smallest absolute Gasteiger partial charge is 0.347 e. The van der Waals surface area contributed by atoms with Crippen LogP contribution in [0.5, 0.6) is 0 Å². The largest absolute Gasteiger partial charge is 0.361 e. The second-order valence-electron chi connectivity index (χ2n) is 3.40. The Labute approximate surface area is 117 Å². The van der Waals surface area contributed by atoms with E-state index in [1.54, 1.807) is 24.3 Å². The Bertz CT molecular complexity index is 685. The van der Waals surface area contributed by atoms with Gasteiger partial charge in [-0.05, 0) is 0 Å². The molecule has 19 heavy (non-hydrogen) atoms. The van der Waals surface area contributed by atoms with Gasteiger partial charge in [0.1, 0.15) is 6.42 Å². The van der Waals surface area contributed by atoms with Gasteiger partial charge < -0.3 is 5.53 Å². The van der Waals surface area contributed by atoms with E-state index in [9.17, 15) is 9.59 Å². The molecule has 0 radical (unpaired) electrons.